The molecular formula is C20H21N3O3S2. The normalized spacial score (nSPS) is 11.3. The van der Waals surface area contributed by atoms with Gasteiger partial charge in [0, 0.05) is 17.7 Å². The van der Waals surface area contributed by atoms with Crippen LogP contribution in [0.5, 0.6) is 0 Å². The fourth-order valence-electron chi connectivity index (χ4n) is 2.66. The first-order chi connectivity index (χ1) is 13.5. The number of hydrogen-bond donors (Lipinski definition) is 0. The minimum atomic E-state index is -3.59. The summed E-state index contributed by atoms with van der Waals surface area (Å²) in [6.07, 6.45) is 2.38. The lowest BCUT2D eigenvalue weighted by Gasteiger charge is -2.21. The van der Waals surface area contributed by atoms with Gasteiger partial charge >= 0.3 is 0 Å². The van der Waals surface area contributed by atoms with E-state index in [1.165, 1.54) is 15.6 Å². The topological polar surface area (TPSA) is 80.2 Å². The zero-order chi connectivity index (χ0) is 20.0. The van der Waals surface area contributed by atoms with Gasteiger partial charge in [0.2, 0.25) is 15.2 Å². The molecule has 0 saturated carbocycles. The second-order valence-electron chi connectivity index (χ2n) is 6.30. The van der Waals surface area contributed by atoms with E-state index >= 15 is 0 Å². The van der Waals surface area contributed by atoms with Crippen LogP contribution in [-0.2, 0) is 15.8 Å². The molecule has 3 rings (SSSR count). The molecule has 2 aromatic carbocycles. The zero-order valence-corrected chi connectivity index (χ0v) is 17.1. The monoisotopic (exact) mass is 415 g/mol. The molecule has 1 aromatic heterocycles. The third kappa shape index (κ3) is 4.82. The summed E-state index contributed by atoms with van der Waals surface area (Å²) in [5, 5.41) is 9.28. The van der Waals surface area contributed by atoms with Crippen molar-refractivity contribution in [3.05, 3.63) is 65.7 Å². The highest BCUT2D eigenvalue weighted by Crippen LogP contribution is 2.31. The van der Waals surface area contributed by atoms with Gasteiger partial charge in [-0.1, -0.05) is 79.3 Å². The molecule has 0 unspecified atom stereocenters. The Balaban J connectivity index is 1.89. The van der Waals surface area contributed by atoms with Crippen LogP contribution in [0.3, 0.4) is 0 Å². The fourth-order valence-corrected chi connectivity index (χ4v) is 5.34. The van der Waals surface area contributed by atoms with E-state index in [0.717, 1.165) is 30.3 Å². The number of unbranched alkanes of at least 4 members (excludes halogenated alkanes) is 1. The Morgan fingerprint density at radius 1 is 1.04 bits per heavy atom. The number of aromatic nitrogens is 2. The summed E-state index contributed by atoms with van der Waals surface area (Å²) in [7, 11) is -3.59. The average Bonchev–Trinajstić information content (AvgIpc) is 3.18. The van der Waals surface area contributed by atoms with Crippen molar-refractivity contribution in [3.8, 4) is 10.6 Å². The summed E-state index contributed by atoms with van der Waals surface area (Å²) in [4.78, 5) is 10.8. The Morgan fingerprint density at radius 3 is 2.39 bits per heavy atom. The predicted octanol–water partition coefficient (Wildman–Crippen LogP) is 4.15. The van der Waals surface area contributed by atoms with Crippen molar-refractivity contribution >= 4 is 32.8 Å². The number of carbonyl (C=O) groups is 1. The highest BCUT2D eigenvalue weighted by molar-refractivity contribution is 7.92. The highest BCUT2D eigenvalue weighted by atomic mass is 32.2. The Bertz CT molecular complexity index is 1020. The largest absolute Gasteiger partial charge is 0.298 e. The number of sulfonamides is 1. The fraction of sp³-hybridized carbons (Fsp3) is 0.250. The van der Waals surface area contributed by atoms with Gasteiger partial charge in [-0.15, -0.1) is 10.2 Å². The molecule has 146 valence electrons. The van der Waals surface area contributed by atoms with Gasteiger partial charge in [0.05, 0.1) is 5.75 Å². The molecule has 28 heavy (non-hydrogen) atoms. The molecular weight excluding hydrogens is 394 g/mol. The number of hydrogen-bond acceptors (Lipinski definition) is 6. The van der Waals surface area contributed by atoms with Gasteiger partial charge < -0.3 is 0 Å². The van der Waals surface area contributed by atoms with Crippen molar-refractivity contribution in [2.75, 3.05) is 10.8 Å². The second-order valence-corrected chi connectivity index (χ2v) is 9.15. The third-order valence-corrected chi connectivity index (χ3v) is 7.00. The first kappa shape index (κ1) is 20.2. The van der Waals surface area contributed by atoms with Crippen LogP contribution in [0.15, 0.2) is 54.6 Å². The number of benzene rings is 2. The van der Waals surface area contributed by atoms with E-state index < -0.39 is 10.0 Å². The quantitative estimate of drug-likeness (QED) is 0.490. The Kier molecular flexibility index (Phi) is 6.53. The summed E-state index contributed by atoms with van der Waals surface area (Å²) in [6, 6.07) is 16.1. The van der Waals surface area contributed by atoms with Gasteiger partial charge in [0.25, 0.3) is 0 Å². The molecule has 0 fully saturated rings. The Morgan fingerprint density at radius 2 is 1.75 bits per heavy atom. The molecule has 0 spiro atoms. The molecule has 0 atom stereocenters. The van der Waals surface area contributed by atoms with Crippen LogP contribution < -0.4 is 4.31 Å². The summed E-state index contributed by atoms with van der Waals surface area (Å²) in [5.74, 6) is -0.0828. The molecule has 1 heterocycles. The number of rotatable bonds is 9. The maximum absolute atomic E-state index is 13.1. The van der Waals surface area contributed by atoms with Gasteiger partial charge in [-0.05, 0) is 12.0 Å². The molecule has 0 aliphatic rings. The summed E-state index contributed by atoms with van der Waals surface area (Å²) < 4.78 is 27.5. The highest BCUT2D eigenvalue weighted by Gasteiger charge is 2.26. The number of aldehydes is 1. The van der Waals surface area contributed by atoms with Gasteiger partial charge in [-0.25, -0.2) is 12.7 Å². The van der Waals surface area contributed by atoms with E-state index in [2.05, 4.69) is 10.2 Å². The maximum Gasteiger partial charge on any atom is 0.241 e. The number of nitrogens with zero attached hydrogens (tertiary/aromatic N) is 3. The van der Waals surface area contributed by atoms with E-state index in [1.807, 2.05) is 25.1 Å². The van der Waals surface area contributed by atoms with Crippen LogP contribution in [-0.4, -0.2) is 31.4 Å². The van der Waals surface area contributed by atoms with E-state index in [1.54, 1.807) is 36.4 Å². The van der Waals surface area contributed by atoms with E-state index in [0.29, 0.717) is 22.2 Å². The van der Waals surface area contributed by atoms with E-state index in [9.17, 15) is 13.2 Å². The van der Waals surface area contributed by atoms with Crippen LogP contribution >= 0.6 is 11.3 Å². The lowest BCUT2D eigenvalue weighted by atomic mass is 10.2. The van der Waals surface area contributed by atoms with E-state index in [-0.39, 0.29) is 5.75 Å². The van der Waals surface area contributed by atoms with Gasteiger partial charge in [0.1, 0.15) is 11.3 Å². The van der Waals surface area contributed by atoms with Gasteiger partial charge in [0.15, 0.2) is 0 Å². The third-order valence-electron chi connectivity index (χ3n) is 4.16. The Hall–Kier alpha value is -2.58. The molecule has 0 saturated heterocycles. The molecule has 0 aliphatic carbocycles. The van der Waals surface area contributed by atoms with Crippen LogP contribution in [0.2, 0.25) is 0 Å². The van der Waals surface area contributed by atoms with Crippen LogP contribution in [0.25, 0.3) is 10.6 Å². The van der Waals surface area contributed by atoms with Crippen LogP contribution in [0.4, 0.5) is 5.13 Å². The molecule has 8 heteroatoms. The first-order valence-corrected chi connectivity index (χ1v) is 11.4. The van der Waals surface area contributed by atoms with Crippen molar-refractivity contribution in [3.63, 3.8) is 0 Å². The molecule has 0 radical (unpaired) electrons. The molecule has 0 amide bonds. The summed E-state index contributed by atoms with van der Waals surface area (Å²) >= 11 is 1.23. The van der Waals surface area contributed by atoms with Crippen molar-refractivity contribution in [1.29, 1.82) is 0 Å². The minimum Gasteiger partial charge on any atom is -0.298 e. The second kappa shape index (κ2) is 9.07. The molecule has 3 aromatic rings. The molecule has 6 nitrogen and oxygen atoms in total. The number of carbonyl (C=O) groups excluding carboxylic acids is 1. The molecule has 0 N–H and O–H groups in total. The molecule has 0 aliphatic heterocycles. The van der Waals surface area contributed by atoms with Crippen LogP contribution in [0, 0.1) is 0 Å². The Labute approximate surface area is 168 Å². The van der Waals surface area contributed by atoms with Crippen molar-refractivity contribution < 1.29 is 13.2 Å². The number of anilines is 1. The smallest absolute Gasteiger partial charge is 0.241 e. The van der Waals surface area contributed by atoms with Gasteiger partial charge in [-0.3, -0.25) is 4.79 Å². The van der Waals surface area contributed by atoms with Crippen molar-refractivity contribution in [2.45, 2.75) is 25.5 Å². The first-order valence-electron chi connectivity index (χ1n) is 8.97. The predicted molar refractivity (Wildman–Crippen MR) is 112 cm³/mol. The SMILES string of the molecule is CCCCN(c1nnc(-c2ccc(C=O)cc2)s1)S(=O)(=O)Cc1ccccc1. The summed E-state index contributed by atoms with van der Waals surface area (Å²) in [6.45, 7) is 2.38. The standard InChI is InChI=1S/C20H21N3O3S2/c1-2-3-13-23(28(25,26)15-17-7-5-4-6-8-17)20-22-21-19(27-20)18-11-9-16(14-24)10-12-18/h4-12,14H,2-3,13,15H2,1H3. The molecule has 0 bridgehead atoms. The zero-order valence-electron chi connectivity index (χ0n) is 15.5. The maximum atomic E-state index is 13.1. The van der Waals surface area contributed by atoms with Crippen molar-refractivity contribution in [1.82, 2.24) is 10.2 Å². The lowest BCUT2D eigenvalue weighted by Crippen LogP contribution is -2.33. The van der Waals surface area contributed by atoms with Crippen molar-refractivity contribution in [2.24, 2.45) is 0 Å². The van der Waals surface area contributed by atoms with Gasteiger partial charge in [-0.2, -0.15) is 0 Å². The average molecular weight is 416 g/mol. The minimum absolute atomic E-state index is 0.0828. The van der Waals surface area contributed by atoms with Crippen LogP contribution in [0.1, 0.15) is 35.7 Å². The lowest BCUT2D eigenvalue weighted by molar-refractivity contribution is 0.112. The van der Waals surface area contributed by atoms with E-state index in [4.69, 9.17) is 0 Å². The summed E-state index contributed by atoms with van der Waals surface area (Å²) in [5.41, 5.74) is 2.10.